The van der Waals surface area contributed by atoms with Gasteiger partial charge in [0.25, 0.3) is 0 Å². The Hall–Kier alpha value is -1.12. The molecule has 1 aromatic rings. The SMILES string of the molecule is C#Cc1cc(OC[C@@H](C)OCCOCCOCCOCCOCCOCCOCCOCCOC)cc(I)n1. The molecule has 1 heterocycles. The lowest BCUT2D eigenvalue weighted by atomic mass is 10.3. The molecule has 0 saturated carbocycles. The number of methoxy groups -OCH3 is 1. The molecule has 0 N–H and O–H groups in total. The number of hydrogen-bond donors (Lipinski definition) is 0. The first-order valence-electron chi connectivity index (χ1n) is 13.1. The van der Waals surface area contributed by atoms with Gasteiger partial charge in [-0.2, -0.15) is 0 Å². The van der Waals surface area contributed by atoms with Crippen LogP contribution in [0.5, 0.6) is 5.75 Å². The fourth-order valence-corrected chi connectivity index (χ4v) is 3.33. The van der Waals surface area contributed by atoms with E-state index in [9.17, 15) is 0 Å². The van der Waals surface area contributed by atoms with Crippen LogP contribution in [0.3, 0.4) is 0 Å². The summed E-state index contributed by atoms with van der Waals surface area (Å²) in [6.45, 7) is 10.7. The monoisotopic (exact) mass is 669 g/mol. The third-order valence-electron chi connectivity index (χ3n) is 4.69. The molecule has 12 heteroatoms. The summed E-state index contributed by atoms with van der Waals surface area (Å²) < 4.78 is 55.1. The van der Waals surface area contributed by atoms with Gasteiger partial charge in [-0.3, -0.25) is 0 Å². The summed E-state index contributed by atoms with van der Waals surface area (Å²) in [5.41, 5.74) is 0.550. The zero-order chi connectivity index (χ0) is 28.2. The molecule has 1 atom stereocenters. The Balaban J connectivity index is 1.75. The van der Waals surface area contributed by atoms with Gasteiger partial charge < -0.3 is 47.4 Å². The van der Waals surface area contributed by atoms with E-state index in [4.69, 9.17) is 53.8 Å². The van der Waals surface area contributed by atoms with E-state index in [0.717, 1.165) is 3.70 Å². The molecule has 0 saturated heterocycles. The minimum absolute atomic E-state index is 0.0827. The number of ether oxygens (including phenoxy) is 10. The number of halogens is 1. The van der Waals surface area contributed by atoms with E-state index in [-0.39, 0.29) is 6.10 Å². The molecular weight excluding hydrogens is 625 g/mol. The van der Waals surface area contributed by atoms with Crippen molar-refractivity contribution in [3.05, 3.63) is 21.5 Å². The third-order valence-corrected chi connectivity index (χ3v) is 5.25. The zero-order valence-corrected chi connectivity index (χ0v) is 25.4. The van der Waals surface area contributed by atoms with Crippen LogP contribution in [-0.4, -0.2) is 131 Å². The summed E-state index contributed by atoms with van der Waals surface area (Å²) >= 11 is 2.11. The second kappa shape index (κ2) is 27.1. The fourth-order valence-electron chi connectivity index (χ4n) is 2.76. The second-order valence-corrected chi connectivity index (χ2v) is 9.03. The number of rotatable bonds is 28. The van der Waals surface area contributed by atoms with Gasteiger partial charge in [0.2, 0.25) is 0 Å². The van der Waals surface area contributed by atoms with E-state index in [0.29, 0.717) is 124 Å². The molecule has 11 nitrogen and oxygen atoms in total. The lowest BCUT2D eigenvalue weighted by Crippen LogP contribution is -2.21. The summed E-state index contributed by atoms with van der Waals surface area (Å²) in [6.07, 6.45) is 5.32. The Morgan fingerprint density at radius 1 is 0.692 bits per heavy atom. The molecule has 0 fully saturated rings. The molecule has 0 aromatic carbocycles. The minimum atomic E-state index is -0.0827. The van der Waals surface area contributed by atoms with E-state index < -0.39 is 0 Å². The molecular formula is C27H44INO10. The second-order valence-electron chi connectivity index (χ2n) is 7.93. The van der Waals surface area contributed by atoms with E-state index >= 15 is 0 Å². The van der Waals surface area contributed by atoms with Crippen LogP contribution in [0.25, 0.3) is 0 Å². The number of pyridine rings is 1. The van der Waals surface area contributed by atoms with Crippen molar-refractivity contribution in [1.29, 1.82) is 0 Å². The quantitative estimate of drug-likeness (QED) is 0.0568. The Morgan fingerprint density at radius 2 is 1.10 bits per heavy atom. The molecule has 0 aliphatic rings. The average Bonchev–Trinajstić information content (AvgIpc) is 2.94. The van der Waals surface area contributed by atoms with Gasteiger partial charge in [-0.1, -0.05) is 5.92 Å². The molecule has 0 aliphatic carbocycles. The van der Waals surface area contributed by atoms with Gasteiger partial charge in [0.15, 0.2) is 0 Å². The van der Waals surface area contributed by atoms with Crippen LogP contribution in [0.1, 0.15) is 12.6 Å². The minimum Gasteiger partial charge on any atom is -0.491 e. The number of nitrogens with zero attached hydrogens (tertiary/aromatic N) is 1. The Morgan fingerprint density at radius 3 is 1.51 bits per heavy atom. The van der Waals surface area contributed by atoms with Crippen molar-refractivity contribution in [2.75, 3.05) is 119 Å². The van der Waals surface area contributed by atoms with Gasteiger partial charge in [0, 0.05) is 19.2 Å². The lowest BCUT2D eigenvalue weighted by molar-refractivity contribution is -0.0309. The largest absolute Gasteiger partial charge is 0.491 e. The molecule has 0 radical (unpaired) electrons. The highest BCUT2D eigenvalue weighted by Crippen LogP contribution is 2.15. The van der Waals surface area contributed by atoms with Gasteiger partial charge in [-0.15, -0.1) is 6.42 Å². The number of aromatic nitrogens is 1. The summed E-state index contributed by atoms with van der Waals surface area (Å²) in [6, 6.07) is 3.57. The van der Waals surface area contributed by atoms with E-state index in [1.165, 1.54) is 0 Å². The molecule has 1 aromatic heterocycles. The molecule has 1 rings (SSSR count). The van der Waals surface area contributed by atoms with Gasteiger partial charge in [-0.05, 0) is 29.5 Å². The molecule has 0 aliphatic heterocycles. The van der Waals surface area contributed by atoms with Gasteiger partial charge >= 0.3 is 0 Å². The maximum Gasteiger partial charge on any atom is 0.124 e. The predicted molar refractivity (Wildman–Crippen MR) is 153 cm³/mol. The van der Waals surface area contributed by atoms with Gasteiger partial charge in [-0.25, -0.2) is 4.98 Å². The van der Waals surface area contributed by atoms with Crippen LogP contribution in [0, 0.1) is 16.0 Å². The van der Waals surface area contributed by atoms with E-state index in [1.54, 1.807) is 13.2 Å². The third kappa shape index (κ3) is 23.3. The first-order valence-corrected chi connectivity index (χ1v) is 14.1. The van der Waals surface area contributed by atoms with Crippen LogP contribution >= 0.6 is 22.6 Å². The summed E-state index contributed by atoms with van der Waals surface area (Å²) in [5, 5.41) is 0. The van der Waals surface area contributed by atoms with Crippen LogP contribution < -0.4 is 4.74 Å². The molecule has 224 valence electrons. The van der Waals surface area contributed by atoms with Crippen molar-refractivity contribution in [3.63, 3.8) is 0 Å². The van der Waals surface area contributed by atoms with Crippen LogP contribution in [0.4, 0.5) is 0 Å². The lowest BCUT2D eigenvalue weighted by Gasteiger charge is -2.15. The van der Waals surface area contributed by atoms with Gasteiger partial charge in [0.1, 0.15) is 21.8 Å². The highest BCUT2D eigenvalue weighted by Gasteiger charge is 2.06. The van der Waals surface area contributed by atoms with Crippen molar-refractivity contribution in [2.45, 2.75) is 13.0 Å². The predicted octanol–water partition coefficient (Wildman–Crippen LogP) is 2.21. The smallest absolute Gasteiger partial charge is 0.124 e. The standard InChI is InChI=1S/C27H44INO10/c1-4-25-21-26(22-27(28)29-25)39-23-24(2)38-20-19-37-18-17-36-16-15-35-14-13-34-12-11-33-10-9-32-8-7-31-6-5-30-3/h1,21-22,24H,5-20,23H2,2-3H3/t24-/m1/s1. The van der Waals surface area contributed by atoms with Crippen LogP contribution in [0.2, 0.25) is 0 Å². The average molecular weight is 670 g/mol. The summed E-state index contributed by atoms with van der Waals surface area (Å²) in [7, 11) is 1.64. The summed E-state index contributed by atoms with van der Waals surface area (Å²) in [4.78, 5) is 4.21. The fraction of sp³-hybridized carbons (Fsp3) is 0.741. The van der Waals surface area contributed by atoms with Crippen molar-refractivity contribution >= 4 is 22.6 Å². The Labute approximate surface area is 246 Å². The first kappa shape index (κ1) is 35.9. The zero-order valence-electron chi connectivity index (χ0n) is 23.2. The topological polar surface area (TPSA) is 105 Å². The van der Waals surface area contributed by atoms with Gasteiger partial charge in [0.05, 0.1) is 112 Å². The van der Waals surface area contributed by atoms with Crippen LogP contribution in [0.15, 0.2) is 12.1 Å². The van der Waals surface area contributed by atoms with Crippen molar-refractivity contribution in [2.24, 2.45) is 0 Å². The van der Waals surface area contributed by atoms with E-state index in [1.807, 2.05) is 13.0 Å². The molecule has 0 bridgehead atoms. The normalized spacial score (nSPS) is 11.9. The van der Waals surface area contributed by atoms with Crippen LogP contribution in [-0.2, 0) is 42.6 Å². The van der Waals surface area contributed by atoms with Crippen molar-refractivity contribution < 1.29 is 47.4 Å². The molecule has 0 spiro atoms. The highest BCUT2D eigenvalue weighted by molar-refractivity contribution is 14.1. The summed E-state index contributed by atoms with van der Waals surface area (Å²) in [5.74, 6) is 3.20. The maximum absolute atomic E-state index is 5.74. The Bertz CT molecular complexity index is 737. The maximum atomic E-state index is 5.74. The Kier molecular flexibility index (Phi) is 24.9. The first-order chi connectivity index (χ1) is 19.2. The number of terminal acetylenes is 1. The van der Waals surface area contributed by atoms with Crippen molar-refractivity contribution in [1.82, 2.24) is 4.98 Å². The van der Waals surface area contributed by atoms with Crippen molar-refractivity contribution in [3.8, 4) is 18.1 Å². The highest BCUT2D eigenvalue weighted by atomic mass is 127. The molecule has 0 amide bonds. The number of hydrogen-bond acceptors (Lipinski definition) is 11. The molecule has 39 heavy (non-hydrogen) atoms. The molecule has 0 unspecified atom stereocenters. The van der Waals surface area contributed by atoms with E-state index in [2.05, 4.69) is 33.5 Å².